The summed E-state index contributed by atoms with van der Waals surface area (Å²) in [5.41, 5.74) is 0.0642. The molecule has 0 bridgehead atoms. The molecule has 3 aromatic rings. The van der Waals surface area contributed by atoms with Crippen LogP contribution in [-0.4, -0.2) is 34.0 Å². The fourth-order valence-corrected chi connectivity index (χ4v) is 4.21. The molecular formula is C19H20BrN3O3S2. The number of halogens is 1. The first-order valence-corrected chi connectivity index (χ1v) is 11.7. The van der Waals surface area contributed by atoms with E-state index in [0.29, 0.717) is 15.9 Å². The van der Waals surface area contributed by atoms with Gasteiger partial charge in [0.05, 0.1) is 15.5 Å². The van der Waals surface area contributed by atoms with E-state index in [-0.39, 0.29) is 5.91 Å². The van der Waals surface area contributed by atoms with Gasteiger partial charge in [0.15, 0.2) is 0 Å². The van der Waals surface area contributed by atoms with Crippen LogP contribution in [0.15, 0.2) is 50.6 Å². The van der Waals surface area contributed by atoms with Gasteiger partial charge in [-0.1, -0.05) is 5.16 Å². The van der Waals surface area contributed by atoms with Gasteiger partial charge >= 0.3 is 0 Å². The number of carbonyl (C=O) groups excluding carboxylic acids is 1. The second kappa shape index (κ2) is 8.75. The van der Waals surface area contributed by atoms with Crippen molar-refractivity contribution < 1.29 is 14.1 Å². The number of ether oxygens (including phenoxy) is 1. The number of nitrogens with one attached hydrogen (secondary N) is 1. The lowest BCUT2D eigenvalue weighted by molar-refractivity contribution is -0.126. The Morgan fingerprint density at radius 2 is 2.11 bits per heavy atom. The predicted octanol–water partition coefficient (Wildman–Crippen LogP) is 4.83. The van der Waals surface area contributed by atoms with Gasteiger partial charge in [0.1, 0.15) is 17.7 Å². The number of carbonyl (C=O) groups is 1. The number of benzene rings is 1. The third-order valence-corrected chi connectivity index (χ3v) is 6.08. The summed E-state index contributed by atoms with van der Waals surface area (Å²) >= 11 is 6.33. The molecule has 0 aliphatic carbocycles. The lowest BCUT2D eigenvalue weighted by atomic mass is 10.0. The van der Waals surface area contributed by atoms with Gasteiger partial charge in [0.25, 0.3) is 5.91 Å². The summed E-state index contributed by atoms with van der Waals surface area (Å²) in [7, 11) is 0. The summed E-state index contributed by atoms with van der Waals surface area (Å²) in [4.78, 5) is 18.3. The monoisotopic (exact) mass is 481 g/mol. The van der Waals surface area contributed by atoms with Crippen LogP contribution in [0.5, 0.6) is 5.75 Å². The van der Waals surface area contributed by atoms with Gasteiger partial charge < -0.3 is 14.6 Å². The highest BCUT2D eigenvalue weighted by molar-refractivity contribution is 9.10. The highest BCUT2D eigenvalue weighted by Gasteiger charge is 2.32. The maximum absolute atomic E-state index is 12.8. The zero-order valence-corrected chi connectivity index (χ0v) is 19.1. The highest BCUT2D eigenvalue weighted by atomic mass is 79.9. The minimum atomic E-state index is -0.721. The summed E-state index contributed by atoms with van der Waals surface area (Å²) in [6.07, 6.45) is 7.16. The second-order valence-electron chi connectivity index (χ2n) is 6.54. The fraction of sp³-hybridized carbons (Fsp3) is 0.316. The molecule has 2 heterocycles. The first kappa shape index (κ1) is 21.0. The van der Waals surface area contributed by atoms with E-state index in [4.69, 9.17) is 9.26 Å². The van der Waals surface area contributed by atoms with Crippen molar-refractivity contribution >= 4 is 56.3 Å². The van der Waals surface area contributed by atoms with E-state index in [1.807, 2.05) is 50.8 Å². The molecule has 9 heteroatoms. The zero-order chi connectivity index (χ0) is 20.3. The topological polar surface area (TPSA) is 77.2 Å². The van der Waals surface area contributed by atoms with E-state index in [1.165, 1.54) is 18.0 Å². The van der Waals surface area contributed by atoms with Crippen LogP contribution in [-0.2, 0) is 10.3 Å². The van der Waals surface area contributed by atoms with Crippen molar-refractivity contribution in [3.63, 3.8) is 0 Å². The van der Waals surface area contributed by atoms with Gasteiger partial charge in [0, 0.05) is 16.5 Å². The minimum absolute atomic E-state index is 0.247. The largest absolute Gasteiger partial charge is 0.470 e. The van der Waals surface area contributed by atoms with Gasteiger partial charge in [0.2, 0.25) is 5.44 Å². The van der Waals surface area contributed by atoms with Crippen molar-refractivity contribution in [3.05, 3.63) is 46.9 Å². The van der Waals surface area contributed by atoms with Crippen molar-refractivity contribution in [2.75, 3.05) is 12.5 Å². The molecule has 0 aliphatic rings. The van der Waals surface area contributed by atoms with Crippen LogP contribution < -0.4 is 10.1 Å². The van der Waals surface area contributed by atoms with E-state index >= 15 is 0 Å². The number of aromatic nitrogens is 2. The lowest BCUT2D eigenvalue weighted by Gasteiger charge is -2.27. The Kier molecular flexibility index (Phi) is 6.57. The molecule has 2 aromatic heterocycles. The van der Waals surface area contributed by atoms with Gasteiger partial charge in [-0.2, -0.15) is 0 Å². The molecule has 1 unspecified atom stereocenters. The van der Waals surface area contributed by atoms with Crippen LogP contribution >= 0.6 is 39.5 Å². The van der Waals surface area contributed by atoms with Crippen LogP contribution in [0, 0.1) is 0 Å². The number of thioether (sulfide) groups is 2. The van der Waals surface area contributed by atoms with E-state index < -0.39 is 11.0 Å². The third-order valence-electron chi connectivity index (χ3n) is 4.09. The molecule has 1 N–H and O–H groups in total. The summed E-state index contributed by atoms with van der Waals surface area (Å²) in [5.74, 6) is 0.367. The Morgan fingerprint density at radius 1 is 1.32 bits per heavy atom. The van der Waals surface area contributed by atoms with Gasteiger partial charge in [-0.3, -0.25) is 9.78 Å². The van der Waals surface area contributed by atoms with Gasteiger partial charge in [-0.25, -0.2) is 0 Å². The molecule has 6 nitrogen and oxygen atoms in total. The Morgan fingerprint density at radius 3 is 2.75 bits per heavy atom. The number of amides is 1. The summed E-state index contributed by atoms with van der Waals surface area (Å²) < 4.78 is 11.6. The molecule has 0 saturated heterocycles. The first-order chi connectivity index (χ1) is 13.3. The minimum Gasteiger partial charge on any atom is -0.470 e. The van der Waals surface area contributed by atoms with Gasteiger partial charge in [-0.05, 0) is 66.6 Å². The molecule has 0 spiro atoms. The van der Waals surface area contributed by atoms with E-state index in [9.17, 15) is 4.79 Å². The Balaban J connectivity index is 1.77. The van der Waals surface area contributed by atoms with Crippen LogP contribution in [0.3, 0.4) is 0 Å². The molecule has 0 aliphatic heterocycles. The summed E-state index contributed by atoms with van der Waals surface area (Å²) in [6, 6.07) is 7.67. The molecule has 1 aromatic carbocycles. The molecule has 1 amide bonds. The Bertz CT molecular complexity index is 993. The number of pyridine rings is 1. The summed E-state index contributed by atoms with van der Waals surface area (Å²) in [6.45, 7) is 3.72. The normalized spacial score (nSPS) is 12.8. The Hall–Kier alpha value is -1.71. The number of fused-ring (bicyclic) bond motifs is 1. The average Bonchev–Trinajstić information content (AvgIpc) is 3.12. The molecule has 3 rings (SSSR count). The maximum Gasteiger partial charge on any atom is 0.272 e. The van der Waals surface area contributed by atoms with Crippen LogP contribution in [0.2, 0.25) is 0 Å². The van der Waals surface area contributed by atoms with E-state index in [1.54, 1.807) is 11.8 Å². The van der Waals surface area contributed by atoms with E-state index in [0.717, 1.165) is 15.8 Å². The number of hydrogen-bond donors (Lipinski definition) is 1. The molecule has 1 atom stereocenters. The molecule has 0 saturated carbocycles. The summed E-state index contributed by atoms with van der Waals surface area (Å²) in [5, 5.41) is 7.91. The Labute approximate surface area is 180 Å². The molecule has 0 radical (unpaired) electrons. The molecule has 28 heavy (non-hydrogen) atoms. The number of rotatable bonds is 7. The van der Waals surface area contributed by atoms with Crippen molar-refractivity contribution in [1.29, 1.82) is 0 Å². The van der Waals surface area contributed by atoms with Crippen LogP contribution in [0.1, 0.15) is 19.5 Å². The average molecular weight is 482 g/mol. The second-order valence-corrected chi connectivity index (χ2v) is 9.17. The van der Waals surface area contributed by atoms with Crippen LogP contribution in [0.25, 0.3) is 10.9 Å². The number of nitrogens with zero attached hydrogens (tertiary/aromatic N) is 2. The fourth-order valence-electron chi connectivity index (χ4n) is 2.67. The first-order valence-electron chi connectivity index (χ1n) is 8.39. The lowest BCUT2D eigenvalue weighted by Crippen LogP contribution is -2.47. The maximum atomic E-state index is 12.8. The molecular weight excluding hydrogens is 462 g/mol. The van der Waals surface area contributed by atoms with Crippen molar-refractivity contribution in [3.8, 4) is 5.75 Å². The molecule has 0 fully saturated rings. The van der Waals surface area contributed by atoms with E-state index in [2.05, 4.69) is 37.5 Å². The SMILES string of the molecule is CSc1cnc2ccc(OC(SC)C(=O)NC(C)(C)c3nocc3Br)cc2c1. The van der Waals surface area contributed by atoms with Crippen molar-refractivity contribution in [1.82, 2.24) is 15.5 Å². The third kappa shape index (κ3) is 4.64. The van der Waals surface area contributed by atoms with Crippen molar-refractivity contribution in [2.24, 2.45) is 0 Å². The zero-order valence-electron chi connectivity index (χ0n) is 15.9. The molecule has 148 valence electrons. The standard InChI is InChI=1S/C19H20BrN3O3S2/c1-19(2,16-14(20)10-25-23-16)22-17(24)18(28-4)26-12-5-6-15-11(7-12)8-13(27-3)9-21-15/h5-10,18H,1-4H3,(H,22,24). The quantitative estimate of drug-likeness (QED) is 0.382. The van der Waals surface area contributed by atoms with Crippen molar-refractivity contribution in [2.45, 2.75) is 29.7 Å². The van der Waals surface area contributed by atoms with Crippen LogP contribution in [0.4, 0.5) is 0 Å². The van der Waals surface area contributed by atoms with Gasteiger partial charge in [-0.15, -0.1) is 23.5 Å². The number of hydrogen-bond acceptors (Lipinski definition) is 7. The predicted molar refractivity (Wildman–Crippen MR) is 117 cm³/mol. The highest BCUT2D eigenvalue weighted by Crippen LogP contribution is 2.28. The smallest absolute Gasteiger partial charge is 0.272 e.